The number of fused-ring (bicyclic) bond motifs is 6. The molecule has 0 spiro atoms. The minimum Gasteiger partial charge on any atom is -0.493 e. The SMILES string of the molecule is CCNC(=O)Nc1ccc2ccc3c(c2n1)OC(N)=C(C#N)C3c1cc(Br)c(OC)c(OC)c1.COc1cc(C2C(C#N)=C(N)Oc3c2ccc2ccc(N)nc32)cc(Br)c1OC. The smallest absolute Gasteiger partial charge is 0.320 e. The first-order valence-electron chi connectivity index (χ1n) is 19.1. The summed E-state index contributed by atoms with van der Waals surface area (Å²) in [5, 5.41) is 26.7. The van der Waals surface area contributed by atoms with Gasteiger partial charge in [0.1, 0.15) is 46.0 Å². The maximum atomic E-state index is 12.0. The molecule has 2 aromatic heterocycles. The van der Waals surface area contributed by atoms with Crippen molar-refractivity contribution in [2.24, 2.45) is 11.5 Å². The average Bonchev–Trinajstić information content (AvgIpc) is 3.27. The molecule has 6 aromatic rings. The lowest BCUT2D eigenvalue weighted by atomic mass is 9.83. The highest BCUT2D eigenvalue weighted by molar-refractivity contribution is 9.11. The molecule has 18 heteroatoms. The van der Waals surface area contributed by atoms with Gasteiger partial charge in [0, 0.05) is 28.4 Å². The summed E-state index contributed by atoms with van der Waals surface area (Å²) in [7, 11) is 6.21. The molecule has 320 valence electrons. The van der Waals surface area contributed by atoms with Crippen LogP contribution in [0, 0.1) is 22.7 Å². The highest BCUT2D eigenvalue weighted by Gasteiger charge is 2.35. The van der Waals surface area contributed by atoms with Gasteiger partial charge in [0.25, 0.3) is 0 Å². The van der Waals surface area contributed by atoms with E-state index in [4.69, 9.17) is 45.6 Å². The van der Waals surface area contributed by atoms with Gasteiger partial charge >= 0.3 is 6.03 Å². The second kappa shape index (κ2) is 18.3. The average molecular weight is 978 g/mol. The van der Waals surface area contributed by atoms with Crippen molar-refractivity contribution >= 4 is 71.3 Å². The fraction of sp³-hybridized carbons (Fsp3) is 0.178. The molecule has 2 unspecified atom stereocenters. The number of carbonyl (C=O) groups excluding carboxylic acids is 1. The van der Waals surface area contributed by atoms with Crippen LogP contribution >= 0.6 is 31.9 Å². The molecule has 0 bridgehead atoms. The van der Waals surface area contributed by atoms with Crippen LogP contribution in [0.25, 0.3) is 21.8 Å². The quantitative estimate of drug-likeness (QED) is 0.0965. The molecule has 4 aromatic carbocycles. The summed E-state index contributed by atoms with van der Waals surface area (Å²) in [4.78, 5) is 21.0. The molecular formula is C45H39Br2N9O7. The van der Waals surface area contributed by atoms with E-state index in [-0.39, 0.29) is 23.4 Å². The van der Waals surface area contributed by atoms with Gasteiger partial charge in [0.2, 0.25) is 11.8 Å². The van der Waals surface area contributed by atoms with Gasteiger partial charge in [-0.2, -0.15) is 10.5 Å². The summed E-state index contributed by atoms with van der Waals surface area (Å²) in [6.07, 6.45) is 0. The fourth-order valence-electron chi connectivity index (χ4n) is 7.50. The maximum Gasteiger partial charge on any atom is 0.320 e. The van der Waals surface area contributed by atoms with E-state index < -0.39 is 11.8 Å². The molecule has 8 N–H and O–H groups in total. The molecule has 4 heterocycles. The lowest BCUT2D eigenvalue weighted by Crippen LogP contribution is -2.28. The van der Waals surface area contributed by atoms with E-state index in [9.17, 15) is 15.3 Å². The lowest BCUT2D eigenvalue weighted by molar-refractivity contribution is 0.252. The number of aromatic nitrogens is 2. The number of hydrogen-bond acceptors (Lipinski definition) is 14. The highest BCUT2D eigenvalue weighted by atomic mass is 79.9. The Morgan fingerprint density at radius 1 is 0.698 bits per heavy atom. The van der Waals surface area contributed by atoms with Crippen molar-refractivity contribution in [1.82, 2.24) is 15.3 Å². The Bertz CT molecular complexity index is 2980. The van der Waals surface area contributed by atoms with E-state index in [1.54, 1.807) is 46.6 Å². The van der Waals surface area contributed by atoms with Gasteiger partial charge in [-0.25, -0.2) is 14.8 Å². The Balaban J connectivity index is 0.000000191. The standard InChI is InChI=1S/C24H22BrN5O4.C21H17BrN4O3/c1-4-28-24(31)30-18-8-6-12-5-7-14-19(13-9-16(25)22(33-3)17(10-13)32-2)15(11-26)23(27)34-21(14)20(12)29-18;1-27-15-8-11(7-14(22)20(15)28-2)17-12-5-3-10-4-6-16(24)26-18(10)19(12)29-21(25)13(17)9-23/h5-10,19H,4,27H2,1-3H3,(H2,28,29,30,31);3-8,17H,25H2,1-2H3,(H2,24,26). The zero-order valence-electron chi connectivity index (χ0n) is 34.4. The van der Waals surface area contributed by atoms with Gasteiger partial charge in [0.15, 0.2) is 34.5 Å². The van der Waals surface area contributed by atoms with E-state index in [0.717, 1.165) is 27.5 Å². The summed E-state index contributed by atoms with van der Waals surface area (Å²) in [5.74, 6) is 2.79. The van der Waals surface area contributed by atoms with E-state index in [1.807, 2.05) is 61.5 Å². The van der Waals surface area contributed by atoms with Crippen molar-refractivity contribution in [2.75, 3.05) is 46.0 Å². The second-order valence-electron chi connectivity index (χ2n) is 13.9. The third kappa shape index (κ3) is 8.21. The van der Waals surface area contributed by atoms with Crippen LogP contribution in [0.3, 0.4) is 0 Å². The van der Waals surface area contributed by atoms with Gasteiger partial charge in [-0.15, -0.1) is 0 Å². The van der Waals surface area contributed by atoms with Crippen LogP contribution in [0.2, 0.25) is 0 Å². The number of rotatable bonds is 8. The number of benzene rings is 4. The summed E-state index contributed by atoms with van der Waals surface area (Å²) >= 11 is 7.04. The Hall–Kier alpha value is -7.41. The number of amides is 2. The summed E-state index contributed by atoms with van der Waals surface area (Å²) < 4.78 is 34.9. The number of urea groups is 1. The zero-order valence-corrected chi connectivity index (χ0v) is 37.6. The molecule has 0 saturated heterocycles. The van der Waals surface area contributed by atoms with E-state index >= 15 is 0 Å². The molecule has 8 rings (SSSR count). The summed E-state index contributed by atoms with van der Waals surface area (Å²) in [6.45, 7) is 2.31. The van der Waals surface area contributed by atoms with Crippen molar-refractivity contribution in [1.29, 1.82) is 10.5 Å². The van der Waals surface area contributed by atoms with Crippen molar-refractivity contribution < 1.29 is 33.2 Å². The van der Waals surface area contributed by atoms with Crippen LogP contribution in [0.1, 0.15) is 41.0 Å². The number of nitrogens with zero attached hydrogens (tertiary/aromatic N) is 4. The second-order valence-corrected chi connectivity index (χ2v) is 15.6. The molecular weight excluding hydrogens is 938 g/mol. The van der Waals surface area contributed by atoms with Crippen molar-refractivity contribution in [3.63, 3.8) is 0 Å². The predicted molar refractivity (Wildman–Crippen MR) is 244 cm³/mol. The van der Waals surface area contributed by atoms with Gasteiger partial charge in [-0.3, -0.25) is 5.32 Å². The number of nitrogens with one attached hydrogen (secondary N) is 2. The number of pyridine rings is 2. The topological polar surface area (TPSA) is 248 Å². The first-order valence-corrected chi connectivity index (χ1v) is 20.6. The zero-order chi connectivity index (χ0) is 45.1. The minimum absolute atomic E-state index is 0.0118. The molecule has 0 aliphatic carbocycles. The van der Waals surface area contributed by atoms with E-state index in [0.29, 0.717) is 83.8 Å². The molecule has 0 saturated carbocycles. The van der Waals surface area contributed by atoms with Gasteiger partial charge in [0.05, 0.1) is 49.2 Å². The van der Waals surface area contributed by atoms with Crippen LogP contribution in [0.4, 0.5) is 16.4 Å². The summed E-state index contributed by atoms with van der Waals surface area (Å²) in [5.41, 5.74) is 22.9. The van der Waals surface area contributed by atoms with Crippen LogP contribution in [0.15, 0.2) is 105 Å². The largest absolute Gasteiger partial charge is 0.493 e. The van der Waals surface area contributed by atoms with E-state index in [2.05, 4.69) is 64.6 Å². The Kier molecular flexibility index (Phi) is 12.7. The highest BCUT2D eigenvalue weighted by Crippen LogP contribution is 2.50. The van der Waals surface area contributed by atoms with Crippen LogP contribution in [-0.2, 0) is 0 Å². The van der Waals surface area contributed by atoms with Crippen molar-refractivity contribution in [2.45, 2.75) is 18.8 Å². The number of anilines is 2. The Morgan fingerprint density at radius 2 is 1.16 bits per heavy atom. The molecule has 2 aliphatic heterocycles. The molecule has 16 nitrogen and oxygen atoms in total. The van der Waals surface area contributed by atoms with Crippen LogP contribution in [-0.4, -0.2) is 51.0 Å². The first kappa shape index (κ1) is 43.7. The minimum atomic E-state index is -0.531. The number of methoxy groups -OCH3 is 4. The number of allylic oxidation sites excluding steroid dienone is 2. The van der Waals surface area contributed by atoms with Crippen LogP contribution in [0.5, 0.6) is 34.5 Å². The van der Waals surface area contributed by atoms with Crippen molar-refractivity contribution in [3.05, 3.63) is 127 Å². The Morgan fingerprint density at radius 3 is 1.60 bits per heavy atom. The van der Waals surface area contributed by atoms with Gasteiger partial charge in [-0.1, -0.05) is 24.3 Å². The Labute approximate surface area is 378 Å². The van der Waals surface area contributed by atoms with E-state index in [1.165, 1.54) is 0 Å². The van der Waals surface area contributed by atoms with Crippen molar-refractivity contribution in [3.8, 4) is 46.6 Å². The monoisotopic (exact) mass is 975 g/mol. The lowest BCUT2D eigenvalue weighted by Gasteiger charge is -2.28. The number of halogens is 2. The summed E-state index contributed by atoms with van der Waals surface area (Å²) in [6, 6.07) is 26.1. The normalized spacial score (nSPS) is 15.0. The number of carbonyl (C=O) groups is 1. The van der Waals surface area contributed by atoms with Crippen LogP contribution < -0.4 is 56.3 Å². The molecule has 2 amide bonds. The third-order valence-electron chi connectivity index (χ3n) is 10.3. The number of hydrogen-bond donors (Lipinski definition) is 5. The molecule has 2 aliphatic rings. The van der Waals surface area contributed by atoms with Gasteiger partial charge < -0.3 is 50.9 Å². The first-order chi connectivity index (χ1) is 30.4. The molecule has 0 fully saturated rings. The number of ether oxygens (including phenoxy) is 6. The number of nitrogens with two attached hydrogens (primary N) is 3. The predicted octanol–water partition coefficient (Wildman–Crippen LogP) is 8.19. The maximum absolute atomic E-state index is 12.0. The third-order valence-corrected chi connectivity index (χ3v) is 11.4. The molecule has 63 heavy (non-hydrogen) atoms. The number of nitrogen functional groups attached to an aromatic ring is 1. The van der Waals surface area contributed by atoms with Gasteiger partial charge in [-0.05, 0) is 98.4 Å². The number of nitriles is 2. The molecule has 2 atom stereocenters. The fourth-order valence-corrected chi connectivity index (χ4v) is 8.74. The molecule has 0 radical (unpaired) electrons.